The molecular weight excluding hydrogens is 274 g/mol. The van der Waals surface area contributed by atoms with E-state index >= 15 is 0 Å². The molecule has 1 unspecified atom stereocenters. The van der Waals surface area contributed by atoms with Crippen molar-refractivity contribution in [3.63, 3.8) is 0 Å². The van der Waals surface area contributed by atoms with Crippen molar-refractivity contribution in [2.24, 2.45) is 0 Å². The number of hydrogen-bond donors (Lipinski definition) is 2. The summed E-state index contributed by atoms with van der Waals surface area (Å²) in [4.78, 5) is 2.54. The summed E-state index contributed by atoms with van der Waals surface area (Å²) in [6, 6.07) is 7.14. The fourth-order valence-corrected chi connectivity index (χ4v) is 4.15. The predicted molar refractivity (Wildman–Crippen MR) is 80.0 cm³/mol. The van der Waals surface area contributed by atoms with E-state index in [0.29, 0.717) is 11.4 Å². The van der Waals surface area contributed by atoms with Gasteiger partial charge in [0, 0.05) is 19.1 Å². The Hall–Kier alpha value is -0.950. The van der Waals surface area contributed by atoms with Gasteiger partial charge in [0.2, 0.25) is 10.0 Å². The minimum atomic E-state index is -3.45. The topological polar surface area (TPSA) is 61.4 Å². The van der Waals surface area contributed by atoms with E-state index in [1.807, 2.05) is 26.2 Å². The molecule has 0 aromatic heterocycles. The van der Waals surface area contributed by atoms with Gasteiger partial charge in [0.25, 0.3) is 0 Å². The molecule has 1 aliphatic rings. The Labute approximate surface area is 121 Å². The molecule has 1 fully saturated rings. The molecule has 6 heteroatoms. The number of likely N-dealkylation sites (N-methyl/N-ethyl adjacent to an activating group) is 1. The van der Waals surface area contributed by atoms with Crippen LogP contribution in [0.4, 0.5) is 0 Å². The van der Waals surface area contributed by atoms with Crippen LogP contribution in [0.5, 0.6) is 0 Å². The van der Waals surface area contributed by atoms with Gasteiger partial charge in [-0.05, 0) is 45.1 Å². The average molecular weight is 297 g/mol. The van der Waals surface area contributed by atoms with Crippen molar-refractivity contribution >= 4 is 10.0 Å². The Kier molecular flexibility index (Phi) is 5.15. The summed E-state index contributed by atoms with van der Waals surface area (Å²) in [6.45, 7) is 2.35. The van der Waals surface area contributed by atoms with Crippen LogP contribution in [-0.4, -0.2) is 46.5 Å². The molecule has 0 radical (unpaired) electrons. The van der Waals surface area contributed by atoms with Crippen molar-refractivity contribution in [1.82, 2.24) is 14.9 Å². The Bertz CT molecular complexity index is 545. The molecule has 0 saturated carbocycles. The summed E-state index contributed by atoms with van der Waals surface area (Å²) in [5.41, 5.74) is 0.798. The zero-order valence-electron chi connectivity index (χ0n) is 12.1. The summed E-state index contributed by atoms with van der Waals surface area (Å²) < 4.78 is 27.9. The number of hydrogen-bond acceptors (Lipinski definition) is 4. The maximum Gasteiger partial charge on any atom is 0.241 e. The van der Waals surface area contributed by atoms with E-state index < -0.39 is 10.0 Å². The van der Waals surface area contributed by atoms with Crippen LogP contribution in [0.3, 0.4) is 0 Å². The van der Waals surface area contributed by atoms with Gasteiger partial charge >= 0.3 is 0 Å². The first-order valence-electron chi connectivity index (χ1n) is 6.96. The van der Waals surface area contributed by atoms with Crippen LogP contribution in [-0.2, 0) is 16.6 Å². The van der Waals surface area contributed by atoms with Crippen LogP contribution in [0.1, 0.15) is 18.4 Å². The smallest absolute Gasteiger partial charge is 0.241 e. The zero-order chi connectivity index (χ0) is 14.6. The minimum absolute atomic E-state index is 0.00129. The van der Waals surface area contributed by atoms with Crippen LogP contribution < -0.4 is 10.0 Å². The molecule has 20 heavy (non-hydrogen) atoms. The highest BCUT2D eigenvalue weighted by molar-refractivity contribution is 7.89. The Morgan fingerprint density at radius 3 is 2.80 bits per heavy atom. The molecule has 0 spiro atoms. The number of nitrogens with one attached hydrogen (secondary N) is 2. The highest BCUT2D eigenvalue weighted by Gasteiger charge is 2.25. The van der Waals surface area contributed by atoms with Gasteiger partial charge in [0.1, 0.15) is 0 Å². The SMILES string of the molecule is CNCc1ccccc1S(=O)(=O)NC1CCCN(C)C1. The lowest BCUT2D eigenvalue weighted by molar-refractivity contribution is 0.242. The monoisotopic (exact) mass is 297 g/mol. The molecule has 1 aromatic rings. The number of sulfonamides is 1. The summed E-state index contributed by atoms with van der Waals surface area (Å²) in [5, 5.41) is 3.01. The number of rotatable bonds is 5. The van der Waals surface area contributed by atoms with Crippen molar-refractivity contribution in [1.29, 1.82) is 0 Å². The fourth-order valence-electron chi connectivity index (χ4n) is 2.65. The molecular formula is C14H23N3O2S. The molecule has 112 valence electrons. The van der Waals surface area contributed by atoms with Crippen LogP contribution >= 0.6 is 0 Å². The van der Waals surface area contributed by atoms with Crippen molar-refractivity contribution in [2.45, 2.75) is 30.3 Å². The minimum Gasteiger partial charge on any atom is -0.316 e. The zero-order valence-corrected chi connectivity index (χ0v) is 12.9. The maximum atomic E-state index is 12.5. The molecule has 0 amide bonds. The molecule has 2 N–H and O–H groups in total. The third-order valence-electron chi connectivity index (χ3n) is 3.58. The molecule has 2 rings (SSSR count). The Morgan fingerprint density at radius 1 is 1.35 bits per heavy atom. The normalized spacial score (nSPS) is 21.0. The summed E-state index contributed by atoms with van der Waals surface area (Å²) >= 11 is 0. The van der Waals surface area contributed by atoms with Gasteiger partial charge in [-0.2, -0.15) is 0 Å². The highest BCUT2D eigenvalue weighted by atomic mass is 32.2. The molecule has 1 saturated heterocycles. The van der Waals surface area contributed by atoms with E-state index in [1.54, 1.807) is 12.1 Å². The van der Waals surface area contributed by atoms with Gasteiger partial charge in [-0.3, -0.25) is 0 Å². The standard InChI is InChI=1S/C14H23N3O2S/c1-15-10-12-6-3-4-8-14(12)20(18,19)16-13-7-5-9-17(2)11-13/h3-4,6,8,13,15-16H,5,7,9-11H2,1-2H3. The summed E-state index contributed by atoms with van der Waals surface area (Å²) in [7, 11) is 0.383. The molecule has 1 atom stereocenters. The Balaban J connectivity index is 2.17. The predicted octanol–water partition coefficient (Wildman–Crippen LogP) is 0.779. The van der Waals surface area contributed by atoms with E-state index in [9.17, 15) is 8.42 Å². The maximum absolute atomic E-state index is 12.5. The quantitative estimate of drug-likeness (QED) is 0.843. The Morgan fingerprint density at radius 2 is 2.10 bits per heavy atom. The molecule has 1 aromatic carbocycles. The van der Waals surface area contributed by atoms with Gasteiger partial charge in [0.15, 0.2) is 0 Å². The number of likely N-dealkylation sites (tertiary alicyclic amines) is 1. The summed E-state index contributed by atoms with van der Waals surface area (Å²) in [5.74, 6) is 0. The molecule has 0 aliphatic carbocycles. The third kappa shape index (κ3) is 3.79. The van der Waals surface area contributed by atoms with Crippen LogP contribution in [0.25, 0.3) is 0 Å². The van der Waals surface area contributed by atoms with Gasteiger partial charge in [0.05, 0.1) is 4.90 Å². The molecule has 1 heterocycles. The van der Waals surface area contributed by atoms with Crippen LogP contribution in [0, 0.1) is 0 Å². The van der Waals surface area contributed by atoms with Crippen molar-refractivity contribution in [3.8, 4) is 0 Å². The average Bonchev–Trinajstić information content (AvgIpc) is 2.39. The van der Waals surface area contributed by atoms with E-state index in [1.165, 1.54) is 0 Å². The van der Waals surface area contributed by atoms with Crippen LogP contribution in [0.15, 0.2) is 29.2 Å². The van der Waals surface area contributed by atoms with Crippen LogP contribution in [0.2, 0.25) is 0 Å². The number of piperidine rings is 1. The van der Waals surface area contributed by atoms with E-state index in [4.69, 9.17) is 0 Å². The van der Waals surface area contributed by atoms with Crippen molar-refractivity contribution < 1.29 is 8.42 Å². The van der Waals surface area contributed by atoms with Gasteiger partial charge in [-0.25, -0.2) is 13.1 Å². The second kappa shape index (κ2) is 6.67. The molecule has 5 nitrogen and oxygen atoms in total. The van der Waals surface area contributed by atoms with Crippen molar-refractivity contribution in [3.05, 3.63) is 29.8 Å². The van der Waals surface area contributed by atoms with E-state index in [2.05, 4.69) is 14.9 Å². The van der Waals surface area contributed by atoms with E-state index in [0.717, 1.165) is 31.5 Å². The second-order valence-corrected chi connectivity index (χ2v) is 7.04. The van der Waals surface area contributed by atoms with E-state index in [-0.39, 0.29) is 6.04 Å². The second-order valence-electron chi connectivity index (χ2n) is 5.36. The van der Waals surface area contributed by atoms with Gasteiger partial charge < -0.3 is 10.2 Å². The fraction of sp³-hybridized carbons (Fsp3) is 0.571. The highest BCUT2D eigenvalue weighted by Crippen LogP contribution is 2.17. The molecule has 0 bridgehead atoms. The first-order valence-corrected chi connectivity index (χ1v) is 8.44. The lowest BCUT2D eigenvalue weighted by Gasteiger charge is -2.30. The lowest BCUT2D eigenvalue weighted by Crippen LogP contribution is -2.46. The van der Waals surface area contributed by atoms with Crippen molar-refractivity contribution in [2.75, 3.05) is 27.2 Å². The summed E-state index contributed by atoms with van der Waals surface area (Å²) in [6.07, 6.45) is 1.93. The largest absolute Gasteiger partial charge is 0.316 e. The number of nitrogens with zero attached hydrogens (tertiary/aromatic N) is 1. The van der Waals surface area contributed by atoms with Gasteiger partial charge in [-0.15, -0.1) is 0 Å². The molecule has 1 aliphatic heterocycles. The van der Waals surface area contributed by atoms with Gasteiger partial charge in [-0.1, -0.05) is 18.2 Å². The first-order chi connectivity index (χ1) is 9.53. The first kappa shape index (κ1) is 15.4. The number of benzene rings is 1. The third-order valence-corrected chi connectivity index (χ3v) is 5.20. The lowest BCUT2D eigenvalue weighted by atomic mass is 10.1.